The van der Waals surface area contributed by atoms with Crippen LogP contribution in [0.3, 0.4) is 0 Å². The van der Waals surface area contributed by atoms with E-state index in [1.807, 2.05) is 0 Å². The lowest BCUT2D eigenvalue weighted by atomic mass is 10.2. The topological polar surface area (TPSA) is 296 Å². The number of aliphatic carboxylic acids is 2. The molecule has 0 aromatic carbocycles. The van der Waals surface area contributed by atoms with Gasteiger partial charge in [0.1, 0.15) is 54.9 Å². The minimum absolute atomic E-state index is 0.0144. The number of carboxylic acid groups (broad SMARTS) is 2. The first-order chi connectivity index (χ1) is 25.8. The van der Waals surface area contributed by atoms with Gasteiger partial charge in [0.25, 0.3) is 0 Å². The fraction of sp³-hybridized carbons (Fsp3) is 0.722. The van der Waals surface area contributed by atoms with Crippen LogP contribution in [0, 0.1) is 0 Å². The molecule has 1 aliphatic rings. The van der Waals surface area contributed by atoms with Crippen LogP contribution in [0.1, 0.15) is 120 Å². The first kappa shape index (κ1) is 53.0. The van der Waals surface area contributed by atoms with Gasteiger partial charge in [-0.1, -0.05) is 0 Å². The lowest BCUT2D eigenvalue weighted by molar-refractivity contribution is -0.166. The Bertz CT molecular complexity index is 1260. The molecule has 3 N–H and O–H groups in total. The summed E-state index contributed by atoms with van der Waals surface area (Å²) in [6.07, 6.45) is -6.75. The summed E-state index contributed by atoms with van der Waals surface area (Å²) in [5, 5.41) is 26.0. The standard InChI is InChI=1S/C12H20O7.C12H18O7.C12H18O6/c2*1-7(13)4-11(16)19-9(3)6-12(17)18-8(2)5-10(14)15;1-7-4-10(13)17-9(3)6-12(15)18-8(2)5-11(14)16-7/h7-9,13H,4-6H2,1-3H3,(H,14,15);8-9H,4-6H2,1-3H3,(H,14,15);7-9H,4-6H2,1-3H3/t7-,8-,9-;8-,9-;7-,8-,9-/m111/s1. The molecular weight excluding hydrogens is 752 g/mol. The highest BCUT2D eigenvalue weighted by atomic mass is 16.6. The van der Waals surface area contributed by atoms with E-state index in [-0.39, 0.29) is 63.6 Å². The molecule has 1 rings (SSSR count). The Morgan fingerprint density at radius 3 is 1.07 bits per heavy atom. The van der Waals surface area contributed by atoms with Crippen molar-refractivity contribution in [2.75, 3.05) is 0 Å². The molecule has 0 bridgehead atoms. The maximum absolute atomic E-state index is 11.4. The summed E-state index contributed by atoms with van der Waals surface area (Å²) in [5.74, 6) is -6.53. The highest BCUT2D eigenvalue weighted by molar-refractivity contribution is 5.94. The van der Waals surface area contributed by atoms with Crippen LogP contribution in [-0.4, -0.2) is 124 Å². The molecule has 0 amide bonds. The summed E-state index contributed by atoms with van der Waals surface area (Å²) >= 11 is 0. The first-order valence-electron chi connectivity index (χ1n) is 17.7. The minimum atomic E-state index is -1.07. The van der Waals surface area contributed by atoms with Gasteiger partial charge in [-0.3, -0.25) is 47.9 Å². The highest BCUT2D eigenvalue weighted by Crippen LogP contribution is 2.12. The summed E-state index contributed by atoms with van der Waals surface area (Å²) < 4.78 is 34.4. The van der Waals surface area contributed by atoms with E-state index < -0.39 is 103 Å². The van der Waals surface area contributed by atoms with Crippen molar-refractivity contribution in [2.45, 2.75) is 169 Å². The number of cyclic esters (lactones) is 3. The van der Waals surface area contributed by atoms with E-state index in [9.17, 15) is 47.9 Å². The largest absolute Gasteiger partial charge is 0.481 e. The Hall–Kier alpha value is -5.14. The summed E-state index contributed by atoms with van der Waals surface area (Å²) in [6.45, 7) is 13.5. The smallest absolute Gasteiger partial charge is 0.313 e. The van der Waals surface area contributed by atoms with Crippen LogP contribution >= 0.6 is 0 Å². The van der Waals surface area contributed by atoms with Crippen molar-refractivity contribution in [2.24, 2.45) is 0 Å². The third kappa shape index (κ3) is 32.3. The van der Waals surface area contributed by atoms with Crippen LogP contribution in [0.4, 0.5) is 0 Å². The highest BCUT2D eigenvalue weighted by Gasteiger charge is 2.24. The molecule has 1 fully saturated rings. The third-order valence-electron chi connectivity index (χ3n) is 6.38. The van der Waals surface area contributed by atoms with Gasteiger partial charge >= 0.3 is 53.7 Å². The van der Waals surface area contributed by atoms with E-state index in [2.05, 4.69) is 0 Å². The normalized spacial score (nSPS) is 19.8. The van der Waals surface area contributed by atoms with Crippen molar-refractivity contribution in [1.82, 2.24) is 0 Å². The number of hydrogen-bond donors (Lipinski definition) is 3. The third-order valence-corrected chi connectivity index (χ3v) is 6.38. The molecule has 56 heavy (non-hydrogen) atoms. The molecule has 0 aromatic rings. The fourth-order valence-corrected chi connectivity index (χ4v) is 4.30. The second kappa shape index (κ2) is 28.3. The number of esters is 7. The van der Waals surface area contributed by atoms with Crippen LogP contribution in [0.2, 0.25) is 0 Å². The molecule has 0 unspecified atom stereocenters. The molecule has 0 spiro atoms. The lowest BCUT2D eigenvalue weighted by Gasteiger charge is -2.20. The van der Waals surface area contributed by atoms with Crippen molar-refractivity contribution in [3.05, 3.63) is 0 Å². The van der Waals surface area contributed by atoms with Crippen molar-refractivity contribution < 1.29 is 96.4 Å². The van der Waals surface area contributed by atoms with E-state index in [0.29, 0.717) is 0 Å². The van der Waals surface area contributed by atoms with Gasteiger partial charge in [0.05, 0.1) is 57.5 Å². The summed E-state index contributed by atoms with van der Waals surface area (Å²) in [6, 6.07) is 0. The average molecular weight is 809 g/mol. The molecule has 0 radical (unpaired) electrons. The van der Waals surface area contributed by atoms with E-state index in [1.54, 1.807) is 20.8 Å². The summed E-state index contributed by atoms with van der Waals surface area (Å²) in [4.78, 5) is 111. The van der Waals surface area contributed by atoms with Crippen LogP contribution in [-0.2, 0) is 81.1 Å². The number of Topliss-reactive ketones (excluding diaryl/α,β-unsaturated/α-hetero) is 1. The molecule has 20 heteroatoms. The second-order valence-corrected chi connectivity index (χ2v) is 13.3. The molecule has 320 valence electrons. The minimum Gasteiger partial charge on any atom is -0.481 e. The van der Waals surface area contributed by atoms with Gasteiger partial charge in [-0.25, -0.2) is 0 Å². The zero-order valence-electron chi connectivity index (χ0n) is 33.3. The molecule has 1 aliphatic heterocycles. The maximum Gasteiger partial charge on any atom is 0.313 e. The summed E-state index contributed by atoms with van der Waals surface area (Å²) in [7, 11) is 0. The van der Waals surface area contributed by atoms with Crippen molar-refractivity contribution >= 4 is 59.5 Å². The van der Waals surface area contributed by atoms with E-state index >= 15 is 0 Å². The van der Waals surface area contributed by atoms with Gasteiger partial charge in [-0.05, 0) is 62.3 Å². The average Bonchev–Trinajstić information content (AvgIpc) is 2.94. The van der Waals surface area contributed by atoms with Gasteiger partial charge in [0.2, 0.25) is 0 Å². The number of aliphatic hydroxyl groups is 1. The maximum atomic E-state index is 11.4. The van der Waals surface area contributed by atoms with Gasteiger partial charge in [0, 0.05) is 0 Å². The Balaban J connectivity index is 0. The number of ketones is 1. The zero-order valence-corrected chi connectivity index (χ0v) is 33.3. The Kier molecular flexibility index (Phi) is 26.8. The zero-order chi connectivity index (χ0) is 43.7. The van der Waals surface area contributed by atoms with E-state index in [4.69, 9.17) is 48.5 Å². The predicted octanol–water partition coefficient (Wildman–Crippen LogP) is 2.14. The Labute approximate surface area is 324 Å². The predicted molar refractivity (Wildman–Crippen MR) is 188 cm³/mol. The van der Waals surface area contributed by atoms with Crippen LogP contribution < -0.4 is 0 Å². The summed E-state index contributed by atoms with van der Waals surface area (Å²) in [5.41, 5.74) is 0. The van der Waals surface area contributed by atoms with Crippen LogP contribution in [0.15, 0.2) is 0 Å². The van der Waals surface area contributed by atoms with Crippen LogP contribution in [0.5, 0.6) is 0 Å². The van der Waals surface area contributed by atoms with Gasteiger partial charge in [-0.2, -0.15) is 0 Å². The number of carbonyl (C=O) groups is 10. The molecule has 0 aromatic heterocycles. The number of rotatable bonds is 16. The molecule has 20 nitrogen and oxygen atoms in total. The van der Waals surface area contributed by atoms with E-state index in [0.717, 1.165) is 0 Å². The molecular formula is C36H56O20. The van der Waals surface area contributed by atoms with Crippen molar-refractivity contribution in [3.8, 4) is 0 Å². The molecule has 0 saturated carbocycles. The Morgan fingerprint density at radius 2 is 0.804 bits per heavy atom. The number of aliphatic hydroxyl groups excluding tert-OH is 1. The van der Waals surface area contributed by atoms with Crippen molar-refractivity contribution in [1.29, 1.82) is 0 Å². The number of hydrogen-bond acceptors (Lipinski definition) is 18. The SMILES string of the molecule is CC(=O)CC(=O)O[C@H](C)CC(=O)O[C@H](C)CC(=O)O.C[C@@H]1CC(=O)O[C@H](C)CC(=O)O[C@H](C)CC(=O)O1.C[C@H](CC(=O)O)OC(=O)C[C@@H](C)OC(=O)C[C@@H](C)O. The fourth-order valence-electron chi connectivity index (χ4n) is 4.30. The number of carboxylic acids is 2. The monoisotopic (exact) mass is 808 g/mol. The lowest BCUT2D eigenvalue weighted by Crippen LogP contribution is -2.29. The number of ether oxygens (including phenoxy) is 7. The Morgan fingerprint density at radius 1 is 0.536 bits per heavy atom. The molecule has 1 heterocycles. The molecule has 8 atom stereocenters. The van der Waals surface area contributed by atoms with Gasteiger partial charge in [0.15, 0.2) is 0 Å². The molecule has 0 aliphatic carbocycles. The quantitative estimate of drug-likeness (QED) is 0.114. The first-order valence-corrected chi connectivity index (χ1v) is 17.7. The number of carbonyl (C=O) groups excluding carboxylic acids is 8. The second-order valence-electron chi connectivity index (χ2n) is 13.3. The molecule has 1 saturated heterocycles. The van der Waals surface area contributed by atoms with Gasteiger partial charge < -0.3 is 48.5 Å². The van der Waals surface area contributed by atoms with Gasteiger partial charge in [-0.15, -0.1) is 0 Å². The van der Waals surface area contributed by atoms with Crippen LogP contribution in [0.25, 0.3) is 0 Å². The van der Waals surface area contributed by atoms with Crippen molar-refractivity contribution in [3.63, 3.8) is 0 Å². The van der Waals surface area contributed by atoms with E-state index in [1.165, 1.54) is 41.5 Å².